The van der Waals surface area contributed by atoms with Crippen molar-refractivity contribution in [2.45, 2.75) is 38.6 Å². The van der Waals surface area contributed by atoms with Gasteiger partial charge in [0.2, 0.25) is 11.8 Å². The molecule has 21 heavy (non-hydrogen) atoms. The number of hydrogen-bond acceptors (Lipinski definition) is 3. The second kappa shape index (κ2) is 7.17. The molecule has 114 valence electrons. The lowest BCUT2D eigenvalue weighted by Gasteiger charge is -2.16. The van der Waals surface area contributed by atoms with Crippen LogP contribution in [-0.2, 0) is 9.59 Å². The molecule has 0 radical (unpaired) electrons. The van der Waals surface area contributed by atoms with E-state index in [4.69, 9.17) is 0 Å². The fourth-order valence-corrected chi connectivity index (χ4v) is 2.37. The van der Waals surface area contributed by atoms with Gasteiger partial charge in [0.1, 0.15) is 5.82 Å². The number of rotatable bonds is 3. The molecule has 0 saturated carbocycles. The van der Waals surface area contributed by atoms with E-state index >= 15 is 0 Å². The van der Waals surface area contributed by atoms with E-state index in [1.807, 2.05) is 0 Å². The van der Waals surface area contributed by atoms with Gasteiger partial charge in [-0.1, -0.05) is 12.8 Å². The Morgan fingerprint density at radius 1 is 1.24 bits per heavy atom. The van der Waals surface area contributed by atoms with Crippen LogP contribution in [-0.4, -0.2) is 24.4 Å². The van der Waals surface area contributed by atoms with Crippen LogP contribution in [0.3, 0.4) is 0 Å². The largest absolute Gasteiger partial charge is 0.326 e. The molecule has 1 atom stereocenters. The van der Waals surface area contributed by atoms with Gasteiger partial charge in [-0.15, -0.1) is 0 Å². The van der Waals surface area contributed by atoms with Crippen LogP contribution in [0.15, 0.2) is 18.2 Å². The zero-order chi connectivity index (χ0) is 15.2. The normalized spacial score (nSPS) is 18.7. The molecule has 0 aromatic heterocycles. The maximum absolute atomic E-state index is 13.8. The van der Waals surface area contributed by atoms with Crippen LogP contribution in [0.5, 0.6) is 0 Å². The number of halogens is 1. The molecular formula is C15H20FN3O2. The fraction of sp³-hybridized carbons (Fsp3) is 0.467. The number of carbonyl (C=O) groups is 2. The van der Waals surface area contributed by atoms with Crippen molar-refractivity contribution in [2.75, 3.05) is 17.2 Å². The summed E-state index contributed by atoms with van der Waals surface area (Å²) in [6.07, 6.45) is 3.89. The first-order chi connectivity index (χ1) is 10.1. The van der Waals surface area contributed by atoms with Crippen molar-refractivity contribution >= 4 is 23.2 Å². The minimum absolute atomic E-state index is 0.0808. The minimum Gasteiger partial charge on any atom is -0.326 e. The van der Waals surface area contributed by atoms with E-state index in [0.717, 1.165) is 32.2 Å². The molecule has 2 amide bonds. The van der Waals surface area contributed by atoms with E-state index in [1.54, 1.807) is 0 Å². The molecule has 1 heterocycles. The summed E-state index contributed by atoms with van der Waals surface area (Å²) >= 11 is 0. The zero-order valence-electron chi connectivity index (χ0n) is 12.0. The predicted octanol–water partition coefficient (Wildman–Crippen LogP) is 2.25. The van der Waals surface area contributed by atoms with Gasteiger partial charge in [0.05, 0.1) is 11.7 Å². The van der Waals surface area contributed by atoms with Crippen molar-refractivity contribution in [2.24, 2.45) is 0 Å². The Morgan fingerprint density at radius 2 is 2.05 bits per heavy atom. The van der Waals surface area contributed by atoms with Crippen molar-refractivity contribution in [3.05, 3.63) is 24.0 Å². The fourth-order valence-electron chi connectivity index (χ4n) is 2.37. The van der Waals surface area contributed by atoms with Crippen LogP contribution in [0, 0.1) is 5.82 Å². The smallest absolute Gasteiger partial charge is 0.241 e. The van der Waals surface area contributed by atoms with Crippen LogP contribution in [0.25, 0.3) is 0 Å². The Balaban J connectivity index is 2.06. The molecule has 1 aliphatic heterocycles. The molecule has 1 fully saturated rings. The van der Waals surface area contributed by atoms with Crippen molar-refractivity contribution < 1.29 is 14.0 Å². The van der Waals surface area contributed by atoms with E-state index < -0.39 is 5.82 Å². The number of carbonyl (C=O) groups excluding carboxylic acids is 2. The molecule has 1 unspecified atom stereocenters. The van der Waals surface area contributed by atoms with Gasteiger partial charge in [-0.3, -0.25) is 9.59 Å². The molecule has 5 nitrogen and oxygen atoms in total. The lowest BCUT2D eigenvalue weighted by Crippen LogP contribution is -2.40. The first-order valence-electron chi connectivity index (χ1n) is 7.17. The maximum Gasteiger partial charge on any atom is 0.241 e. The zero-order valence-corrected chi connectivity index (χ0v) is 12.0. The Labute approximate surface area is 123 Å². The van der Waals surface area contributed by atoms with Crippen LogP contribution in [0.2, 0.25) is 0 Å². The summed E-state index contributed by atoms with van der Waals surface area (Å²) in [6, 6.07) is 3.81. The van der Waals surface area contributed by atoms with Gasteiger partial charge in [-0.05, 0) is 37.6 Å². The van der Waals surface area contributed by atoms with E-state index in [-0.39, 0.29) is 23.5 Å². The summed E-state index contributed by atoms with van der Waals surface area (Å²) in [4.78, 5) is 23.2. The summed E-state index contributed by atoms with van der Waals surface area (Å²) in [5.41, 5.74) is 0.533. The van der Waals surface area contributed by atoms with Crippen LogP contribution in [0.1, 0.15) is 32.6 Å². The lowest BCUT2D eigenvalue weighted by molar-refractivity contribution is -0.118. The average Bonchev–Trinajstić information content (AvgIpc) is 2.71. The number of hydrogen-bond donors (Lipinski definition) is 3. The Kier molecular flexibility index (Phi) is 5.27. The first kappa shape index (κ1) is 15.4. The van der Waals surface area contributed by atoms with Gasteiger partial charge < -0.3 is 16.0 Å². The molecule has 0 aliphatic carbocycles. The van der Waals surface area contributed by atoms with Gasteiger partial charge in [0, 0.05) is 12.6 Å². The highest BCUT2D eigenvalue weighted by Gasteiger charge is 2.20. The van der Waals surface area contributed by atoms with Crippen molar-refractivity contribution in [1.82, 2.24) is 5.32 Å². The second-order valence-corrected chi connectivity index (χ2v) is 5.22. The predicted molar refractivity (Wildman–Crippen MR) is 79.6 cm³/mol. The van der Waals surface area contributed by atoms with Crippen LogP contribution < -0.4 is 16.0 Å². The highest BCUT2D eigenvalue weighted by molar-refractivity contribution is 5.96. The molecule has 1 aliphatic rings. The van der Waals surface area contributed by atoms with E-state index in [1.165, 1.54) is 25.1 Å². The standard InChI is InChI=1S/C15H20FN3O2/c1-10(20)18-11-6-7-12(16)14(9-11)19-15(21)13-5-3-2-4-8-17-13/h6-7,9,13,17H,2-5,8H2,1H3,(H,18,20)(H,19,21). The molecular weight excluding hydrogens is 273 g/mol. The summed E-state index contributed by atoms with van der Waals surface area (Å²) < 4.78 is 13.8. The van der Waals surface area contributed by atoms with Crippen LogP contribution >= 0.6 is 0 Å². The van der Waals surface area contributed by atoms with Crippen molar-refractivity contribution in [3.63, 3.8) is 0 Å². The quantitative estimate of drug-likeness (QED) is 0.800. The Bertz CT molecular complexity index is 526. The molecule has 1 saturated heterocycles. The molecule has 0 spiro atoms. The summed E-state index contributed by atoms with van der Waals surface area (Å²) in [5.74, 6) is -1.01. The van der Waals surface area contributed by atoms with Crippen molar-refractivity contribution in [1.29, 1.82) is 0 Å². The summed E-state index contributed by atoms with van der Waals surface area (Å²) in [5, 5.41) is 8.32. The number of nitrogens with one attached hydrogen (secondary N) is 3. The first-order valence-corrected chi connectivity index (χ1v) is 7.17. The molecule has 6 heteroatoms. The Hall–Kier alpha value is -1.95. The van der Waals surface area contributed by atoms with Gasteiger partial charge >= 0.3 is 0 Å². The molecule has 1 aromatic rings. The third-order valence-electron chi connectivity index (χ3n) is 3.42. The topological polar surface area (TPSA) is 70.2 Å². The highest BCUT2D eigenvalue weighted by atomic mass is 19.1. The van der Waals surface area contributed by atoms with Crippen molar-refractivity contribution in [3.8, 4) is 0 Å². The van der Waals surface area contributed by atoms with Crippen LogP contribution in [0.4, 0.5) is 15.8 Å². The van der Waals surface area contributed by atoms with Gasteiger partial charge in [-0.2, -0.15) is 0 Å². The third-order valence-corrected chi connectivity index (χ3v) is 3.42. The molecule has 1 aromatic carbocycles. The summed E-state index contributed by atoms with van der Waals surface area (Å²) in [7, 11) is 0. The average molecular weight is 293 g/mol. The van der Waals surface area contributed by atoms with E-state index in [0.29, 0.717) is 5.69 Å². The molecule has 2 rings (SSSR count). The van der Waals surface area contributed by atoms with Gasteiger partial charge in [-0.25, -0.2) is 4.39 Å². The monoisotopic (exact) mass is 293 g/mol. The second-order valence-electron chi connectivity index (χ2n) is 5.22. The summed E-state index contributed by atoms with van der Waals surface area (Å²) in [6.45, 7) is 2.17. The number of benzene rings is 1. The SMILES string of the molecule is CC(=O)Nc1ccc(F)c(NC(=O)C2CCCCCN2)c1. The van der Waals surface area contributed by atoms with Gasteiger partial charge in [0.15, 0.2) is 0 Å². The third kappa shape index (κ3) is 4.53. The number of anilines is 2. The molecule has 0 bridgehead atoms. The van der Waals surface area contributed by atoms with Gasteiger partial charge in [0.25, 0.3) is 0 Å². The minimum atomic E-state index is -0.522. The highest BCUT2D eigenvalue weighted by Crippen LogP contribution is 2.20. The lowest BCUT2D eigenvalue weighted by atomic mass is 10.1. The number of amides is 2. The Morgan fingerprint density at radius 3 is 2.81 bits per heavy atom. The molecule has 3 N–H and O–H groups in total. The maximum atomic E-state index is 13.8. The van der Waals surface area contributed by atoms with E-state index in [9.17, 15) is 14.0 Å². The van der Waals surface area contributed by atoms with E-state index in [2.05, 4.69) is 16.0 Å².